The van der Waals surface area contributed by atoms with E-state index in [9.17, 15) is 14.4 Å². The van der Waals surface area contributed by atoms with Crippen molar-refractivity contribution in [3.05, 3.63) is 60.6 Å². The van der Waals surface area contributed by atoms with Crippen LogP contribution in [-0.4, -0.2) is 32.5 Å². The summed E-state index contributed by atoms with van der Waals surface area (Å²) in [7, 11) is 0. The van der Waals surface area contributed by atoms with Crippen molar-refractivity contribution in [3.8, 4) is 5.69 Å². The van der Waals surface area contributed by atoms with Gasteiger partial charge in [-0.1, -0.05) is 18.0 Å². The Balaban J connectivity index is 1.71. The van der Waals surface area contributed by atoms with Crippen LogP contribution in [-0.2, 0) is 24.2 Å². The van der Waals surface area contributed by atoms with E-state index in [1.807, 2.05) is 4.90 Å². The lowest BCUT2D eigenvalue weighted by Gasteiger charge is -2.33. The first-order valence-corrected chi connectivity index (χ1v) is 13.0. The Bertz CT molecular complexity index is 1320. The lowest BCUT2D eigenvalue weighted by molar-refractivity contribution is -0.135. The van der Waals surface area contributed by atoms with E-state index in [2.05, 4.69) is 6.92 Å². The molecule has 174 valence electrons. The molecule has 6 nitrogen and oxygen atoms in total. The first-order valence-electron chi connectivity index (χ1n) is 11.8. The Labute approximate surface area is 201 Å². The number of aromatic nitrogens is 2. The van der Waals surface area contributed by atoms with E-state index >= 15 is 0 Å². The van der Waals surface area contributed by atoms with Crippen LogP contribution >= 0.6 is 22.9 Å². The third-order valence-corrected chi connectivity index (χ3v) is 8.56. The minimum absolute atomic E-state index is 0.0487. The Kier molecular flexibility index (Phi) is 6.18. The summed E-state index contributed by atoms with van der Waals surface area (Å²) in [6, 6.07) is 6.87. The molecule has 0 spiro atoms. The molecule has 1 saturated heterocycles. The number of aryl methyl sites for hydroxylation is 2. The van der Waals surface area contributed by atoms with Crippen molar-refractivity contribution in [2.75, 3.05) is 6.54 Å². The number of halogens is 1. The van der Waals surface area contributed by atoms with Crippen molar-refractivity contribution in [1.29, 1.82) is 0 Å². The molecule has 0 saturated carbocycles. The summed E-state index contributed by atoms with van der Waals surface area (Å²) < 4.78 is 2.75. The second kappa shape index (κ2) is 9.11. The zero-order chi connectivity index (χ0) is 23.1. The number of hydrogen-bond acceptors (Lipinski definition) is 4. The highest BCUT2D eigenvalue weighted by Crippen LogP contribution is 2.34. The summed E-state index contributed by atoms with van der Waals surface area (Å²) in [5.41, 5.74) is 0.765. The van der Waals surface area contributed by atoms with Gasteiger partial charge in [0.1, 0.15) is 11.4 Å². The van der Waals surface area contributed by atoms with E-state index < -0.39 is 5.69 Å². The average molecular weight is 486 g/mol. The SMILES string of the molecule is C[C@H]1CCCCN1C(=O)Cn1c(=O)n(-c2ccc(Cl)cc2)c(=O)c2c3c(sc21)CCCCC3. The molecule has 2 aromatic heterocycles. The molecule has 5 rings (SSSR count). The predicted octanol–water partition coefficient (Wildman–Crippen LogP) is 4.54. The summed E-state index contributed by atoms with van der Waals surface area (Å²) in [6.07, 6.45) is 8.09. The minimum atomic E-state index is -0.468. The molecule has 8 heteroatoms. The quantitative estimate of drug-likeness (QED) is 0.512. The van der Waals surface area contributed by atoms with Crippen molar-refractivity contribution in [3.63, 3.8) is 0 Å². The van der Waals surface area contributed by atoms with Gasteiger partial charge in [-0.2, -0.15) is 0 Å². The minimum Gasteiger partial charge on any atom is -0.338 e. The van der Waals surface area contributed by atoms with Gasteiger partial charge in [0, 0.05) is 22.5 Å². The number of likely N-dealkylation sites (tertiary alicyclic amines) is 1. The molecule has 1 fully saturated rings. The fourth-order valence-electron chi connectivity index (χ4n) is 5.20. The number of benzene rings is 1. The number of thiophene rings is 1. The third kappa shape index (κ3) is 4.06. The van der Waals surface area contributed by atoms with Gasteiger partial charge in [0.15, 0.2) is 0 Å². The van der Waals surface area contributed by atoms with Crippen LogP contribution in [0.15, 0.2) is 33.9 Å². The molecule has 1 atom stereocenters. The molecule has 1 amide bonds. The monoisotopic (exact) mass is 485 g/mol. The van der Waals surface area contributed by atoms with Crippen molar-refractivity contribution >= 4 is 39.1 Å². The molecule has 0 unspecified atom stereocenters. The standard InChI is InChI=1S/C25H28ClN3O3S/c1-16-7-5-6-14-27(16)21(30)15-28-24-22(19-8-3-2-4-9-20(19)33-24)23(31)29(25(28)32)18-12-10-17(26)11-13-18/h10-13,16H,2-9,14-15H2,1H3/t16-/m0/s1. The van der Waals surface area contributed by atoms with E-state index in [0.29, 0.717) is 20.9 Å². The van der Waals surface area contributed by atoms with Crippen LogP contribution in [0, 0.1) is 0 Å². The number of carbonyl (C=O) groups is 1. The molecule has 0 bridgehead atoms. The summed E-state index contributed by atoms with van der Waals surface area (Å²) in [4.78, 5) is 44.4. The maximum absolute atomic E-state index is 13.7. The first kappa shape index (κ1) is 22.4. The highest BCUT2D eigenvalue weighted by Gasteiger charge is 2.27. The van der Waals surface area contributed by atoms with Gasteiger partial charge in [-0.05, 0) is 81.7 Å². The normalized spacial score (nSPS) is 18.8. The second-order valence-electron chi connectivity index (χ2n) is 9.16. The van der Waals surface area contributed by atoms with Crippen molar-refractivity contribution in [1.82, 2.24) is 14.0 Å². The number of hydrogen-bond donors (Lipinski definition) is 0. The van der Waals surface area contributed by atoms with Crippen molar-refractivity contribution < 1.29 is 4.79 Å². The van der Waals surface area contributed by atoms with E-state index in [0.717, 1.165) is 63.5 Å². The van der Waals surface area contributed by atoms with Crippen LogP contribution in [0.25, 0.3) is 15.9 Å². The Hall–Kier alpha value is -2.38. The first-order chi connectivity index (χ1) is 16.0. The lowest BCUT2D eigenvalue weighted by Crippen LogP contribution is -2.46. The fourth-order valence-corrected chi connectivity index (χ4v) is 6.70. The molecule has 0 N–H and O–H groups in total. The fraction of sp³-hybridized carbons (Fsp3) is 0.480. The molecule has 33 heavy (non-hydrogen) atoms. The zero-order valence-electron chi connectivity index (χ0n) is 18.8. The van der Waals surface area contributed by atoms with E-state index in [1.54, 1.807) is 24.3 Å². The van der Waals surface area contributed by atoms with Gasteiger partial charge in [-0.3, -0.25) is 14.2 Å². The van der Waals surface area contributed by atoms with Gasteiger partial charge in [-0.15, -0.1) is 11.3 Å². The van der Waals surface area contributed by atoms with Gasteiger partial charge in [0.05, 0.1) is 11.1 Å². The summed E-state index contributed by atoms with van der Waals surface area (Å²) in [5.74, 6) is -0.0597. The van der Waals surface area contributed by atoms with E-state index in [-0.39, 0.29) is 24.1 Å². The predicted molar refractivity (Wildman–Crippen MR) is 133 cm³/mol. The van der Waals surface area contributed by atoms with Gasteiger partial charge < -0.3 is 4.90 Å². The number of piperidine rings is 1. The van der Waals surface area contributed by atoms with Crippen LogP contribution in [0.3, 0.4) is 0 Å². The molecule has 1 aliphatic carbocycles. The van der Waals surface area contributed by atoms with Crippen LogP contribution in [0.5, 0.6) is 0 Å². The van der Waals surface area contributed by atoms with E-state index in [1.165, 1.54) is 25.3 Å². The Morgan fingerprint density at radius 3 is 2.58 bits per heavy atom. The Morgan fingerprint density at radius 2 is 1.82 bits per heavy atom. The highest BCUT2D eigenvalue weighted by molar-refractivity contribution is 7.18. The maximum atomic E-state index is 13.7. The van der Waals surface area contributed by atoms with Crippen molar-refractivity contribution in [2.45, 2.75) is 70.9 Å². The third-order valence-electron chi connectivity index (χ3n) is 6.99. The maximum Gasteiger partial charge on any atom is 0.337 e. The van der Waals surface area contributed by atoms with E-state index in [4.69, 9.17) is 11.6 Å². The van der Waals surface area contributed by atoms with Crippen LogP contribution < -0.4 is 11.2 Å². The van der Waals surface area contributed by atoms with Crippen LogP contribution in [0.1, 0.15) is 55.9 Å². The van der Waals surface area contributed by atoms with Crippen molar-refractivity contribution in [2.24, 2.45) is 0 Å². The van der Waals surface area contributed by atoms with Gasteiger partial charge in [0.25, 0.3) is 5.56 Å². The summed E-state index contributed by atoms with van der Waals surface area (Å²) in [5, 5.41) is 1.14. The van der Waals surface area contributed by atoms with Gasteiger partial charge in [-0.25, -0.2) is 9.36 Å². The van der Waals surface area contributed by atoms with Crippen LogP contribution in [0.2, 0.25) is 5.02 Å². The molecule has 3 heterocycles. The average Bonchev–Trinajstić information content (AvgIpc) is 3.01. The molecule has 3 aromatic rings. The molecule has 0 radical (unpaired) electrons. The largest absolute Gasteiger partial charge is 0.338 e. The van der Waals surface area contributed by atoms with Crippen LogP contribution in [0.4, 0.5) is 0 Å². The van der Waals surface area contributed by atoms with Gasteiger partial charge >= 0.3 is 5.69 Å². The second-order valence-corrected chi connectivity index (χ2v) is 10.7. The topological polar surface area (TPSA) is 64.3 Å². The zero-order valence-corrected chi connectivity index (χ0v) is 20.4. The van der Waals surface area contributed by atoms with Gasteiger partial charge in [0.2, 0.25) is 5.91 Å². The lowest BCUT2D eigenvalue weighted by atomic mass is 10.0. The molecule has 1 aromatic carbocycles. The number of carbonyl (C=O) groups excluding carboxylic acids is 1. The highest BCUT2D eigenvalue weighted by atomic mass is 35.5. The molecule has 2 aliphatic rings. The smallest absolute Gasteiger partial charge is 0.337 e. The number of nitrogens with zero attached hydrogens (tertiary/aromatic N) is 3. The molecular formula is C25H28ClN3O3S. The number of amides is 1. The number of rotatable bonds is 3. The Morgan fingerprint density at radius 1 is 1.06 bits per heavy atom. The molecular weight excluding hydrogens is 458 g/mol. The number of fused-ring (bicyclic) bond motifs is 3. The summed E-state index contributed by atoms with van der Waals surface area (Å²) >= 11 is 7.57. The molecule has 1 aliphatic heterocycles. The summed E-state index contributed by atoms with van der Waals surface area (Å²) in [6.45, 7) is 2.74.